The molecule has 1 fully saturated rings. The predicted octanol–water partition coefficient (Wildman–Crippen LogP) is 2.99. The van der Waals surface area contributed by atoms with Gasteiger partial charge in [0.2, 0.25) is 0 Å². The van der Waals surface area contributed by atoms with Gasteiger partial charge in [0.1, 0.15) is 0 Å². The third-order valence-electron chi connectivity index (χ3n) is 3.87. The number of hydrogen-bond donors (Lipinski definition) is 1. The molecule has 0 spiro atoms. The molecule has 3 nitrogen and oxygen atoms in total. The Morgan fingerprint density at radius 2 is 2.06 bits per heavy atom. The highest BCUT2D eigenvalue weighted by atomic mass is 16.4. The van der Waals surface area contributed by atoms with Gasteiger partial charge < -0.3 is 10.0 Å². The van der Waals surface area contributed by atoms with Gasteiger partial charge in [0.15, 0.2) is 0 Å². The second kappa shape index (κ2) is 4.30. The molecule has 1 aliphatic rings. The maximum Gasteiger partial charge on any atom is 0.308 e. The lowest BCUT2D eigenvalue weighted by Crippen LogP contribution is -2.38. The van der Waals surface area contributed by atoms with E-state index in [1.165, 1.54) is 11.1 Å². The normalized spacial score (nSPS) is 22.2. The molecular weight excluding hydrogens is 226 g/mol. The van der Waals surface area contributed by atoms with Crippen LogP contribution in [0.1, 0.15) is 31.4 Å². The molecule has 1 saturated heterocycles. The van der Waals surface area contributed by atoms with Gasteiger partial charge in [-0.1, -0.05) is 17.7 Å². The van der Waals surface area contributed by atoms with Crippen molar-refractivity contribution in [1.82, 2.24) is 0 Å². The largest absolute Gasteiger partial charge is 0.481 e. The van der Waals surface area contributed by atoms with E-state index in [4.69, 9.17) is 0 Å². The average molecular weight is 247 g/mol. The number of hydrogen-bond acceptors (Lipinski definition) is 2. The van der Waals surface area contributed by atoms with E-state index in [2.05, 4.69) is 50.8 Å². The minimum absolute atomic E-state index is 0.0942. The van der Waals surface area contributed by atoms with Gasteiger partial charge in [0, 0.05) is 17.8 Å². The molecule has 1 aromatic rings. The topological polar surface area (TPSA) is 40.5 Å². The summed E-state index contributed by atoms with van der Waals surface area (Å²) in [4.78, 5) is 13.4. The zero-order chi connectivity index (χ0) is 13.5. The summed E-state index contributed by atoms with van der Waals surface area (Å²) in [5.41, 5.74) is 3.52. The fourth-order valence-electron chi connectivity index (χ4n) is 2.94. The van der Waals surface area contributed by atoms with Crippen LogP contribution in [-0.2, 0) is 4.79 Å². The van der Waals surface area contributed by atoms with E-state index in [1.807, 2.05) is 0 Å². The molecule has 0 aromatic heterocycles. The standard InChI is InChI=1S/C15H21NO2/c1-10-5-6-13(11(2)7-10)16-9-12(14(17)18)8-15(16,3)4/h5-7,12H,8-9H2,1-4H3,(H,17,18). The molecule has 2 rings (SSSR count). The van der Waals surface area contributed by atoms with Crippen LogP contribution in [0.15, 0.2) is 18.2 Å². The molecule has 1 aliphatic heterocycles. The molecule has 98 valence electrons. The van der Waals surface area contributed by atoms with Crippen molar-refractivity contribution in [2.75, 3.05) is 11.4 Å². The molecule has 0 aliphatic carbocycles. The van der Waals surface area contributed by atoms with Crippen LogP contribution in [0, 0.1) is 19.8 Å². The lowest BCUT2D eigenvalue weighted by molar-refractivity contribution is -0.141. The van der Waals surface area contributed by atoms with Crippen molar-refractivity contribution in [3.05, 3.63) is 29.3 Å². The Kier molecular flexibility index (Phi) is 3.09. The van der Waals surface area contributed by atoms with E-state index in [9.17, 15) is 9.90 Å². The van der Waals surface area contributed by atoms with Crippen LogP contribution in [0.2, 0.25) is 0 Å². The summed E-state index contributed by atoms with van der Waals surface area (Å²) in [7, 11) is 0. The van der Waals surface area contributed by atoms with E-state index >= 15 is 0 Å². The maximum absolute atomic E-state index is 11.2. The van der Waals surface area contributed by atoms with Crippen LogP contribution in [0.4, 0.5) is 5.69 Å². The predicted molar refractivity (Wildman–Crippen MR) is 73.1 cm³/mol. The Hall–Kier alpha value is -1.51. The number of aryl methyl sites for hydroxylation is 2. The van der Waals surface area contributed by atoms with Gasteiger partial charge >= 0.3 is 5.97 Å². The second-order valence-electron chi connectivity index (χ2n) is 5.95. The molecule has 3 heteroatoms. The van der Waals surface area contributed by atoms with Crippen molar-refractivity contribution in [1.29, 1.82) is 0 Å². The smallest absolute Gasteiger partial charge is 0.308 e. The number of benzene rings is 1. The van der Waals surface area contributed by atoms with Gasteiger partial charge in [-0.3, -0.25) is 4.79 Å². The molecule has 1 atom stereocenters. The molecule has 1 aromatic carbocycles. The minimum Gasteiger partial charge on any atom is -0.481 e. The summed E-state index contributed by atoms with van der Waals surface area (Å²) in [5.74, 6) is -0.948. The quantitative estimate of drug-likeness (QED) is 0.873. The van der Waals surface area contributed by atoms with Crippen LogP contribution < -0.4 is 4.90 Å². The Balaban J connectivity index is 2.35. The van der Waals surface area contributed by atoms with E-state index < -0.39 is 5.97 Å². The van der Waals surface area contributed by atoms with Gasteiger partial charge in [-0.05, 0) is 45.7 Å². The third-order valence-corrected chi connectivity index (χ3v) is 3.87. The fraction of sp³-hybridized carbons (Fsp3) is 0.533. The molecule has 0 radical (unpaired) electrons. The van der Waals surface area contributed by atoms with E-state index in [-0.39, 0.29) is 11.5 Å². The number of carbonyl (C=O) groups is 1. The summed E-state index contributed by atoms with van der Waals surface area (Å²) in [6, 6.07) is 6.35. The van der Waals surface area contributed by atoms with Crippen molar-refractivity contribution < 1.29 is 9.90 Å². The lowest BCUT2D eigenvalue weighted by Gasteiger charge is -2.34. The molecule has 1 N–H and O–H groups in total. The monoisotopic (exact) mass is 247 g/mol. The summed E-state index contributed by atoms with van der Waals surface area (Å²) < 4.78 is 0. The number of carboxylic acids is 1. The Labute approximate surface area is 108 Å². The van der Waals surface area contributed by atoms with Crippen LogP contribution >= 0.6 is 0 Å². The zero-order valence-electron chi connectivity index (χ0n) is 11.5. The number of nitrogens with zero attached hydrogens (tertiary/aromatic N) is 1. The molecule has 18 heavy (non-hydrogen) atoms. The third kappa shape index (κ3) is 2.22. The van der Waals surface area contributed by atoms with Crippen molar-refractivity contribution in [3.63, 3.8) is 0 Å². The van der Waals surface area contributed by atoms with Gasteiger partial charge in [-0.2, -0.15) is 0 Å². The molecule has 0 bridgehead atoms. The highest BCUT2D eigenvalue weighted by Gasteiger charge is 2.41. The summed E-state index contributed by atoms with van der Waals surface area (Å²) in [6.07, 6.45) is 0.704. The maximum atomic E-state index is 11.2. The first kappa shape index (κ1) is 12.9. The van der Waals surface area contributed by atoms with Crippen molar-refractivity contribution in [2.24, 2.45) is 5.92 Å². The second-order valence-corrected chi connectivity index (χ2v) is 5.95. The van der Waals surface area contributed by atoms with Crippen molar-refractivity contribution >= 4 is 11.7 Å². The Morgan fingerprint density at radius 1 is 1.39 bits per heavy atom. The highest BCUT2D eigenvalue weighted by Crippen LogP contribution is 2.38. The van der Waals surface area contributed by atoms with Gasteiger partial charge in [-0.15, -0.1) is 0 Å². The fourth-order valence-corrected chi connectivity index (χ4v) is 2.94. The number of anilines is 1. The van der Waals surface area contributed by atoms with E-state index in [0.717, 1.165) is 5.69 Å². The number of carboxylic acid groups (broad SMARTS) is 1. The molecule has 0 amide bonds. The summed E-state index contributed by atoms with van der Waals surface area (Å²) in [6.45, 7) is 9.01. The Bertz CT molecular complexity index is 479. The molecular formula is C15H21NO2. The molecule has 1 unspecified atom stereocenters. The lowest BCUT2D eigenvalue weighted by atomic mass is 9.96. The SMILES string of the molecule is Cc1ccc(N2CC(C(=O)O)CC2(C)C)c(C)c1. The molecule has 1 heterocycles. The van der Waals surface area contributed by atoms with Gasteiger partial charge in [0.25, 0.3) is 0 Å². The van der Waals surface area contributed by atoms with E-state index in [0.29, 0.717) is 13.0 Å². The van der Waals surface area contributed by atoms with E-state index in [1.54, 1.807) is 0 Å². The van der Waals surface area contributed by atoms with Gasteiger partial charge in [0.05, 0.1) is 5.92 Å². The summed E-state index contributed by atoms with van der Waals surface area (Å²) >= 11 is 0. The minimum atomic E-state index is -0.685. The summed E-state index contributed by atoms with van der Waals surface area (Å²) in [5, 5.41) is 9.20. The van der Waals surface area contributed by atoms with Crippen LogP contribution in [0.3, 0.4) is 0 Å². The van der Waals surface area contributed by atoms with Crippen molar-refractivity contribution in [3.8, 4) is 0 Å². The van der Waals surface area contributed by atoms with Crippen molar-refractivity contribution in [2.45, 2.75) is 39.7 Å². The number of aliphatic carboxylic acids is 1. The average Bonchev–Trinajstić information content (AvgIpc) is 2.55. The van der Waals surface area contributed by atoms with Crippen LogP contribution in [0.25, 0.3) is 0 Å². The van der Waals surface area contributed by atoms with Crippen LogP contribution in [0.5, 0.6) is 0 Å². The first-order chi connectivity index (χ1) is 8.31. The molecule has 0 saturated carbocycles. The van der Waals surface area contributed by atoms with Crippen LogP contribution in [-0.4, -0.2) is 23.2 Å². The Morgan fingerprint density at radius 3 is 2.56 bits per heavy atom. The first-order valence-corrected chi connectivity index (χ1v) is 6.39. The first-order valence-electron chi connectivity index (χ1n) is 6.39. The van der Waals surface area contributed by atoms with Gasteiger partial charge in [-0.25, -0.2) is 0 Å². The zero-order valence-corrected chi connectivity index (χ0v) is 11.5. The highest BCUT2D eigenvalue weighted by molar-refractivity contribution is 5.73. The number of rotatable bonds is 2.